The third-order valence-corrected chi connectivity index (χ3v) is 9.63. The Labute approximate surface area is 244 Å². The van der Waals surface area contributed by atoms with Crippen molar-refractivity contribution >= 4 is 50.3 Å². The first-order chi connectivity index (χ1) is 19.7. The monoisotopic (exact) mass is 601 g/mol. The number of nitrogens with one attached hydrogen (secondary N) is 2. The van der Waals surface area contributed by atoms with Crippen LogP contribution in [0, 0.1) is 0 Å². The molecule has 0 bridgehead atoms. The second-order valence-corrected chi connectivity index (χ2v) is 12.7. The van der Waals surface area contributed by atoms with Crippen molar-refractivity contribution < 1.29 is 27.5 Å². The van der Waals surface area contributed by atoms with E-state index in [9.17, 15) is 22.8 Å². The van der Waals surface area contributed by atoms with E-state index < -0.39 is 40.5 Å². The van der Waals surface area contributed by atoms with Gasteiger partial charge in [-0.2, -0.15) is 16.1 Å². The van der Waals surface area contributed by atoms with E-state index in [0.717, 1.165) is 9.69 Å². The summed E-state index contributed by atoms with van der Waals surface area (Å²) in [6.07, 6.45) is 6.77. The molecule has 4 rings (SSSR count). The number of thioether (sulfide) groups is 1. The van der Waals surface area contributed by atoms with Gasteiger partial charge in [0.15, 0.2) is 0 Å². The Kier molecular flexibility index (Phi) is 10.4. The van der Waals surface area contributed by atoms with E-state index in [1.165, 1.54) is 31.3 Å². The number of hydrogen-bond acceptors (Lipinski definition) is 8. The summed E-state index contributed by atoms with van der Waals surface area (Å²) in [7, 11) is -2.95. The van der Waals surface area contributed by atoms with Crippen molar-refractivity contribution in [2.45, 2.75) is 42.7 Å². The van der Waals surface area contributed by atoms with Crippen LogP contribution in [0.15, 0.2) is 59.9 Å². The number of ether oxygens (including phenoxy) is 1. The summed E-state index contributed by atoms with van der Waals surface area (Å²) in [6.45, 7) is -0.101. The van der Waals surface area contributed by atoms with Crippen molar-refractivity contribution in [1.82, 2.24) is 24.5 Å². The van der Waals surface area contributed by atoms with Crippen LogP contribution >= 0.6 is 11.8 Å². The van der Waals surface area contributed by atoms with Gasteiger partial charge in [0.2, 0.25) is 21.8 Å². The molecule has 2 heterocycles. The molecule has 2 N–H and O–H groups in total. The largest absolute Gasteiger partial charge is 0.467 e. The molecule has 0 aliphatic carbocycles. The van der Waals surface area contributed by atoms with Crippen molar-refractivity contribution in [2.75, 3.05) is 38.8 Å². The van der Waals surface area contributed by atoms with E-state index >= 15 is 0 Å². The molecule has 0 radical (unpaired) electrons. The van der Waals surface area contributed by atoms with Gasteiger partial charge in [0.05, 0.1) is 37.0 Å². The Morgan fingerprint density at radius 1 is 1.22 bits per heavy atom. The van der Waals surface area contributed by atoms with E-state index in [2.05, 4.69) is 15.3 Å². The predicted octanol–water partition coefficient (Wildman–Crippen LogP) is 2.20. The first-order valence-electron chi connectivity index (χ1n) is 13.4. The number of esters is 1. The lowest BCUT2D eigenvalue weighted by Gasteiger charge is -2.30. The number of likely N-dealkylation sites (tertiary alicyclic amines) is 1. The lowest BCUT2D eigenvalue weighted by molar-refractivity contribution is -0.145. The first-order valence-corrected chi connectivity index (χ1v) is 16.2. The van der Waals surface area contributed by atoms with E-state index in [1.54, 1.807) is 29.3 Å². The van der Waals surface area contributed by atoms with Gasteiger partial charge in [-0.25, -0.2) is 18.2 Å². The molecule has 2 amide bonds. The highest BCUT2D eigenvalue weighted by Gasteiger charge is 2.36. The molecular formula is C28H35N5O6S2. The third-order valence-electron chi connectivity index (χ3n) is 7.12. The molecule has 1 aliphatic heterocycles. The van der Waals surface area contributed by atoms with Crippen LogP contribution in [0.2, 0.25) is 0 Å². The molecule has 1 fully saturated rings. The maximum Gasteiger partial charge on any atom is 0.328 e. The molecule has 0 saturated carbocycles. The van der Waals surface area contributed by atoms with Crippen LogP contribution in [0.25, 0.3) is 10.8 Å². The number of carbonyl (C=O) groups excluding carboxylic acids is 3. The summed E-state index contributed by atoms with van der Waals surface area (Å²) < 4.78 is 34.3. The number of H-pyrrole nitrogens is 1. The third kappa shape index (κ3) is 7.46. The minimum absolute atomic E-state index is 0.0705. The molecule has 41 heavy (non-hydrogen) atoms. The number of hydrogen-bond donors (Lipinski definition) is 2. The molecule has 2 atom stereocenters. The Morgan fingerprint density at radius 2 is 2.00 bits per heavy atom. The van der Waals surface area contributed by atoms with E-state index in [1.807, 2.05) is 24.5 Å². The number of aromatic amines is 1. The number of nitrogens with zero attached hydrogens (tertiary/aromatic N) is 3. The van der Waals surface area contributed by atoms with Gasteiger partial charge < -0.3 is 19.9 Å². The lowest BCUT2D eigenvalue weighted by atomic mass is 10.1. The van der Waals surface area contributed by atoms with Gasteiger partial charge in [-0.15, -0.1) is 0 Å². The minimum atomic E-state index is -4.19. The molecule has 0 spiro atoms. The second-order valence-electron chi connectivity index (χ2n) is 9.82. The quantitative estimate of drug-likeness (QED) is 0.284. The Balaban J connectivity index is 1.62. The highest BCUT2D eigenvalue weighted by atomic mass is 32.2. The summed E-state index contributed by atoms with van der Waals surface area (Å²) in [5.41, 5.74) is 0.597. The number of amides is 2. The van der Waals surface area contributed by atoms with Crippen LogP contribution < -0.4 is 5.32 Å². The highest BCUT2D eigenvalue weighted by Crippen LogP contribution is 2.28. The van der Waals surface area contributed by atoms with Gasteiger partial charge in [-0.1, -0.05) is 36.4 Å². The molecule has 2 aromatic carbocycles. The fourth-order valence-corrected chi connectivity index (χ4v) is 7.19. The van der Waals surface area contributed by atoms with Gasteiger partial charge in [-0.3, -0.25) is 9.59 Å². The number of methoxy groups -OCH3 is 1. The zero-order valence-electron chi connectivity index (χ0n) is 23.1. The van der Waals surface area contributed by atoms with Gasteiger partial charge in [-0.05, 0) is 42.7 Å². The van der Waals surface area contributed by atoms with Crippen LogP contribution in [0.4, 0.5) is 0 Å². The van der Waals surface area contributed by atoms with E-state index in [-0.39, 0.29) is 23.8 Å². The van der Waals surface area contributed by atoms with Crippen molar-refractivity contribution in [1.29, 1.82) is 0 Å². The summed E-state index contributed by atoms with van der Waals surface area (Å²) in [4.78, 5) is 47.4. The number of carbonyl (C=O) groups is 3. The van der Waals surface area contributed by atoms with Crippen LogP contribution in [0.5, 0.6) is 0 Å². The number of sulfonamides is 1. The zero-order chi connectivity index (χ0) is 29.4. The van der Waals surface area contributed by atoms with E-state index in [4.69, 9.17) is 4.74 Å². The van der Waals surface area contributed by atoms with Gasteiger partial charge in [0, 0.05) is 30.7 Å². The summed E-state index contributed by atoms with van der Waals surface area (Å²) in [5.74, 6) is -0.776. The minimum Gasteiger partial charge on any atom is -0.467 e. The molecule has 220 valence electrons. The molecule has 0 unspecified atom stereocenters. The summed E-state index contributed by atoms with van der Waals surface area (Å²) in [5, 5.41) is 3.94. The van der Waals surface area contributed by atoms with Crippen molar-refractivity contribution in [3.63, 3.8) is 0 Å². The first kappa shape index (κ1) is 30.5. The number of imidazole rings is 1. The lowest BCUT2D eigenvalue weighted by Crippen LogP contribution is -2.51. The molecule has 1 aliphatic rings. The van der Waals surface area contributed by atoms with Crippen LogP contribution in [-0.2, 0) is 35.6 Å². The topological polar surface area (TPSA) is 142 Å². The second kappa shape index (κ2) is 14.0. The molecule has 1 aromatic heterocycles. The Hall–Kier alpha value is -3.42. The average molecular weight is 602 g/mol. The summed E-state index contributed by atoms with van der Waals surface area (Å²) in [6, 6.07) is 10.8. The van der Waals surface area contributed by atoms with E-state index in [0.29, 0.717) is 42.6 Å². The average Bonchev–Trinajstić information content (AvgIpc) is 3.66. The number of benzene rings is 2. The van der Waals surface area contributed by atoms with Crippen LogP contribution in [-0.4, -0.2) is 96.2 Å². The van der Waals surface area contributed by atoms with Crippen molar-refractivity contribution in [3.8, 4) is 0 Å². The fraction of sp³-hybridized carbons (Fsp3) is 0.429. The van der Waals surface area contributed by atoms with Gasteiger partial charge >= 0.3 is 5.97 Å². The molecule has 13 heteroatoms. The molecular weight excluding hydrogens is 566 g/mol. The van der Waals surface area contributed by atoms with Crippen molar-refractivity contribution in [2.24, 2.45) is 0 Å². The molecule has 1 saturated heterocycles. The van der Waals surface area contributed by atoms with Crippen LogP contribution in [0.1, 0.15) is 25.0 Å². The fourth-order valence-electron chi connectivity index (χ4n) is 5.07. The SMILES string of the molecule is COC(=O)[C@H](CCSC)NC(=O)CN(C[C@@H]1CCCN1C(=O)Cc1c[nH]cn1)S(=O)(=O)c1cccc2ccccc12. The Bertz CT molecular complexity index is 1460. The Morgan fingerprint density at radius 3 is 2.73 bits per heavy atom. The van der Waals surface area contributed by atoms with Crippen molar-refractivity contribution in [3.05, 3.63) is 60.7 Å². The standard InChI is InChI=1S/C28H35N5O6S2/c1-39-28(36)24(12-14-40-2)31-26(34)18-32(41(37,38)25-11-5-8-20-7-3-4-10-23(20)25)17-22-9-6-13-33(22)27(35)15-21-16-29-19-30-21/h3-5,7-8,10-11,16,19,22,24H,6,9,12-15,17-18H2,1-2H3,(H,29,30)(H,31,34)/t22-,24-/m0/s1. The summed E-state index contributed by atoms with van der Waals surface area (Å²) >= 11 is 1.52. The molecule has 3 aromatic rings. The highest BCUT2D eigenvalue weighted by molar-refractivity contribution is 7.98. The number of aromatic nitrogens is 2. The number of fused-ring (bicyclic) bond motifs is 1. The smallest absolute Gasteiger partial charge is 0.328 e. The predicted molar refractivity (Wildman–Crippen MR) is 157 cm³/mol. The maximum absolute atomic E-state index is 14.2. The maximum atomic E-state index is 14.2. The number of rotatable bonds is 13. The van der Waals surface area contributed by atoms with Gasteiger partial charge in [0.25, 0.3) is 0 Å². The van der Waals surface area contributed by atoms with Crippen LogP contribution in [0.3, 0.4) is 0 Å². The molecule has 11 nitrogen and oxygen atoms in total. The normalized spacial score (nSPS) is 16.2. The zero-order valence-corrected chi connectivity index (χ0v) is 24.7. The van der Waals surface area contributed by atoms with Gasteiger partial charge in [0.1, 0.15) is 6.04 Å².